The van der Waals surface area contributed by atoms with Gasteiger partial charge in [-0.3, -0.25) is 4.79 Å². The van der Waals surface area contributed by atoms with Crippen molar-refractivity contribution in [1.82, 2.24) is 9.88 Å². The number of fused-ring (bicyclic) bond motifs is 2. The van der Waals surface area contributed by atoms with Gasteiger partial charge in [-0.25, -0.2) is 0 Å². The van der Waals surface area contributed by atoms with E-state index in [0.717, 1.165) is 28.6 Å². The fraction of sp³-hybridized carbons (Fsp3) is 0.318. The molecule has 0 saturated carbocycles. The summed E-state index contributed by atoms with van der Waals surface area (Å²) in [5, 5.41) is 1.17. The molecule has 2 aromatic carbocycles. The highest BCUT2D eigenvalue weighted by atomic mass is 16.5. The molecule has 0 bridgehead atoms. The van der Waals surface area contributed by atoms with Gasteiger partial charge in [-0.15, -0.1) is 0 Å². The molecule has 1 aliphatic heterocycles. The second kappa shape index (κ2) is 6.96. The van der Waals surface area contributed by atoms with Crippen LogP contribution in [-0.4, -0.2) is 35.0 Å². The molecule has 1 amide bonds. The van der Waals surface area contributed by atoms with Crippen LogP contribution in [0.2, 0.25) is 0 Å². The van der Waals surface area contributed by atoms with Gasteiger partial charge < -0.3 is 14.6 Å². The molecule has 0 aliphatic carbocycles. The Bertz CT molecular complexity index is 929. The van der Waals surface area contributed by atoms with E-state index in [1.165, 1.54) is 5.39 Å². The van der Waals surface area contributed by atoms with Gasteiger partial charge in [0.1, 0.15) is 0 Å². The molecule has 1 aliphatic rings. The zero-order valence-electron chi connectivity index (χ0n) is 15.2. The minimum Gasteiger partial charge on any atom is -0.379 e. The maximum absolute atomic E-state index is 13.0. The summed E-state index contributed by atoms with van der Waals surface area (Å²) < 4.78 is 5.67. The van der Waals surface area contributed by atoms with Crippen LogP contribution in [0.3, 0.4) is 0 Å². The molecule has 4 nitrogen and oxygen atoms in total. The van der Waals surface area contributed by atoms with Gasteiger partial charge in [0.05, 0.1) is 12.1 Å². The molecule has 1 atom stereocenters. The lowest BCUT2D eigenvalue weighted by Gasteiger charge is -2.25. The summed E-state index contributed by atoms with van der Waals surface area (Å²) >= 11 is 0. The first-order valence-electron chi connectivity index (χ1n) is 9.24. The van der Waals surface area contributed by atoms with Gasteiger partial charge in [-0.1, -0.05) is 36.4 Å². The first-order valence-corrected chi connectivity index (χ1v) is 9.24. The maximum atomic E-state index is 13.0. The number of benzene rings is 2. The number of hydrogen-bond donors (Lipinski definition) is 1. The van der Waals surface area contributed by atoms with Gasteiger partial charge in [0.2, 0.25) is 0 Å². The van der Waals surface area contributed by atoms with Crippen molar-refractivity contribution in [2.24, 2.45) is 0 Å². The number of para-hydroxylation sites is 1. The number of aromatic nitrogens is 1. The molecule has 4 heteroatoms. The Hall–Kier alpha value is -2.59. The van der Waals surface area contributed by atoms with Crippen molar-refractivity contribution >= 4 is 16.8 Å². The van der Waals surface area contributed by atoms with Crippen molar-refractivity contribution in [2.45, 2.75) is 32.4 Å². The lowest BCUT2D eigenvalue weighted by atomic mass is 9.97. The molecule has 26 heavy (non-hydrogen) atoms. The smallest absolute Gasteiger partial charge is 0.255 e. The van der Waals surface area contributed by atoms with Crippen LogP contribution in [0.1, 0.15) is 47.8 Å². The fourth-order valence-electron chi connectivity index (χ4n) is 3.81. The van der Waals surface area contributed by atoms with Crippen molar-refractivity contribution in [3.8, 4) is 0 Å². The molecule has 4 rings (SSSR count). The zero-order valence-corrected chi connectivity index (χ0v) is 15.2. The number of H-pyrrole nitrogens is 1. The SMILES string of the molecule is CC(C)OCCCN1C(=O)c2ccccc2C1c1c[nH]c2ccccc12. The molecule has 0 saturated heterocycles. The normalized spacial score (nSPS) is 16.7. The van der Waals surface area contributed by atoms with Crippen molar-refractivity contribution in [3.05, 3.63) is 71.4 Å². The molecule has 3 aromatic rings. The number of carbonyl (C=O) groups excluding carboxylic acids is 1. The first-order chi connectivity index (χ1) is 12.7. The van der Waals surface area contributed by atoms with Crippen LogP contribution in [-0.2, 0) is 4.74 Å². The standard InChI is InChI=1S/C22H24N2O2/c1-15(2)26-13-7-12-24-21(17-9-3-4-10-18(17)22(24)25)19-14-23-20-11-6-5-8-16(19)20/h3-6,8-11,14-15,21,23H,7,12-13H2,1-2H3. The van der Waals surface area contributed by atoms with Gasteiger partial charge in [-0.05, 0) is 38.0 Å². The summed E-state index contributed by atoms with van der Waals surface area (Å²) in [5.41, 5.74) is 4.16. The predicted molar refractivity (Wildman–Crippen MR) is 103 cm³/mol. The Balaban J connectivity index is 1.69. The van der Waals surface area contributed by atoms with E-state index in [1.54, 1.807) is 0 Å². The maximum Gasteiger partial charge on any atom is 0.255 e. The highest BCUT2D eigenvalue weighted by molar-refractivity contribution is 6.00. The lowest BCUT2D eigenvalue weighted by Crippen LogP contribution is -2.30. The van der Waals surface area contributed by atoms with Crippen LogP contribution in [0.5, 0.6) is 0 Å². The van der Waals surface area contributed by atoms with Gasteiger partial charge in [0, 0.05) is 41.4 Å². The molecule has 0 radical (unpaired) electrons. The predicted octanol–water partition coefficient (Wildman–Crippen LogP) is 4.53. The average Bonchev–Trinajstić information content (AvgIpc) is 3.18. The van der Waals surface area contributed by atoms with Crippen molar-refractivity contribution in [3.63, 3.8) is 0 Å². The molecular formula is C22H24N2O2. The van der Waals surface area contributed by atoms with E-state index >= 15 is 0 Å². The number of ether oxygens (including phenoxy) is 1. The van der Waals surface area contributed by atoms with E-state index in [0.29, 0.717) is 13.2 Å². The second-order valence-corrected chi connectivity index (χ2v) is 7.05. The number of nitrogens with zero attached hydrogens (tertiary/aromatic N) is 1. The molecular weight excluding hydrogens is 324 g/mol. The number of rotatable bonds is 6. The average molecular weight is 348 g/mol. The largest absolute Gasteiger partial charge is 0.379 e. The molecule has 2 heterocycles. The van der Waals surface area contributed by atoms with Crippen LogP contribution in [0.15, 0.2) is 54.7 Å². The fourth-order valence-corrected chi connectivity index (χ4v) is 3.81. The van der Waals surface area contributed by atoms with Crippen LogP contribution < -0.4 is 0 Å². The molecule has 1 unspecified atom stereocenters. The van der Waals surface area contributed by atoms with E-state index in [2.05, 4.69) is 23.2 Å². The number of aromatic amines is 1. The van der Waals surface area contributed by atoms with E-state index in [4.69, 9.17) is 4.74 Å². The van der Waals surface area contributed by atoms with E-state index in [1.807, 2.05) is 55.3 Å². The van der Waals surface area contributed by atoms with Gasteiger partial charge in [-0.2, -0.15) is 0 Å². The third kappa shape index (κ3) is 2.90. The van der Waals surface area contributed by atoms with Crippen LogP contribution in [0.4, 0.5) is 0 Å². The summed E-state index contributed by atoms with van der Waals surface area (Å²) in [6.45, 7) is 5.42. The Labute approximate surface area is 153 Å². The monoisotopic (exact) mass is 348 g/mol. The minimum atomic E-state index is -0.0473. The Kier molecular flexibility index (Phi) is 4.51. The second-order valence-electron chi connectivity index (χ2n) is 7.05. The molecule has 0 spiro atoms. The summed E-state index contributed by atoms with van der Waals surface area (Å²) in [5.74, 6) is 0.112. The van der Waals surface area contributed by atoms with E-state index in [-0.39, 0.29) is 18.1 Å². The van der Waals surface area contributed by atoms with Gasteiger partial charge in [0.15, 0.2) is 0 Å². The molecule has 134 valence electrons. The summed E-state index contributed by atoms with van der Waals surface area (Å²) in [7, 11) is 0. The number of nitrogens with one attached hydrogen (secondary N) is 1. The van der Waals surface area contributed by atoms with Crippen LogP contribution in [0.25, 0.3) is 10.9 Å². The third-order valence-electron chi connectivity index (χ3n) is 4.97. The number of carbonyl (C=O) groups is 1. The van der Waals surface area contributed by atoms with Gasteiger partial charge >= 0.3 is 0 Å². The van der Waals surface area contributed by atoms with Crippen LogP contribution >= 0.6 is 0 Å². The Morgan fingerprint density at radius 3 is 2.69 bits per heavy atom. The number of hydrogen-bond acceptors (Lipinski definition) is 2. The quantitative estimate of drug-likeness (QED) is 0.665. The summed E-state index contributed by atoms with van der Waals surface area (Å²) in [4.78, 5) is 18.4. The highest BCUT2D eigenvalue weighted by Crippen LogP contribution is 2.40. The van der Waals surface area contributed by atoms with Crippen LogP contribution in [0, 0.1) is 0 Å². The topological polar surface area (TPSA) is 45.3 Å². The molecule has 1 N–H and O–H groups in total. The molecule has 0 fully saturated rings. The third-order valence-corrected chi connectivity index (χ3v) is 4.97. The van der Waals surface area contributed by atoms with Crippen molar-refractivity contribution in [1.29, 1.82) is 0 Å². The zero-order chi connectivity index (χ0) is 18.1. The Morgan fingerprint density at radius 1 is 1.08 bits per heavy atom. The minimum absolute atomic E-state index is 0.0473. The van der Waals surface area contributed by atoms with Gasteiger partial charge in [0.25, 0.3) is 5.91 Å². The Morgan fingerprint density at radius 2 is 1.85 bits per heavy atom. The van der Waals surface area contributed by atoms with E-state index < -0.39 is 0 Å². The van der Waals surface area contributed by atoms with Crippen molar-refractivity contribution < 1.29 is 9.53 Å². The molecule has 1 aromatic heterocycles. The summed E-state index contributed by atoms with van der Waals surface area (Å²) in [6.07, 6.45) is 3.09. The number of amides is 1. The highest BCUT2D eigenvalue weighted by Gasteiger charge is 2.38. The van der Waals surface area contributed by atoms with E-state index in [9.17, 15) is 4.79 Å². The van der Waals surface area contributed by atoms with Crippen molar-refractivity contribution in [2.75, 3.05) is 13.2 Å². The summed E-state index contributed by atoms with van der Waals surface area (Å²) in [6, 6.07) is 16.2. The first kappa shape index (κ1) is 16.9. The lowest BCUT2D eigenvalue weighted by molar-refractivity contribution is 0.0605.